The summed E-state index contributed by atoms with van der Waals surface area (Å²) in [5.74, 6) is -0.0833. The molecule has 0 bridgehead atoms. The van der Waals surface area contributed by atoms with Crippen LogP contribution in [0.15, 0.2) is 0 Å². The molecule has 0 aliphatic carbocycles. The monoisotopic (exact) mass is 230 g/mol. The van der Waals surface area contributed by atoms with Crippen molar-refractivity contribution in [1.82, 2.24) is 10.2 Å². The molecule has 92 valence electrons. The minimum Gasteiger partial charge on any atom is -0.444 e. The van der Waals surface area contributed by atoms with Gasteiger partial charge in [0, 0.05) is 25.6 Å². The summed E-state index contributed by atoms with van der Waals surface area (Å²) in [6, 6.07) is 0. The van der Waals surface area contributed by atoms with E-state index in [9.17, 15) is 9.18 Å². The lowest BCUT2D eigenvalue weighted by molar-refractivity contribution is 0.0259. The number of alkyl halides is 1. The maximum Gasteiger partial charge on any atom is 0.410 e. The number of likely N-dealkylation sites (tertiary alicyclic amines) is 1. The second-order valence-electron chi connectivity index (χ2n) is 5.72. The third-order valence-corrected chi connectivity index (χ3v) is 3.09. The van der Waals surface area contributed by atoms with Crippen LogP contribution < -0.4 is 5.32 Å². The number of hydrogen-bond donors (Lipinski definition) is 1. The van der Waals surface area contributed by atoms with Gasteiger partial charge in [0.05, 0.1) is 6.54 Å². The maximum atomic E-state index is 14.2. The molecule has 0 aromatic carbocycles. The van der Waals surface area contributed by atoms with Gasteiger partial charge in [0.25, 0.3) is 0 Å². The smallest absolute Gasteiger partial charge is 0.410 e. The molecule has 2 saturated heterocycles. The van der Waals surface area contributed by atoms with Gasteiger partial charge in [0.1, 0.15) is 11.3 Å². The Labute approximate surface area is 95.1 Å². The lowest BCUT2D eigenvalue weighted by Gasteiger charge is -2.25. The van der Waals surface area contributed by atoms with Crippen LogP contribution in [0.1, 0.15) is 20.8 Å². The Morgan fingerprint density at radius 3 is 2.81 bits per heavy atom. The molecule has 2 heterocycles. The molecule has 0 aromatic heterocycles. The largest absolute Gasteiger partial charge is 0.444 e. The third kappa shape index (κ3) is 2.14. The van der Waals surface area contributed by atoms with E-state index in [4.69, 9.17) is 4.74 Å². The molecule has 2 fully saturated rings. The zero-order valence-electron chi connectivity index (χ0n) is 10.0. The molecule has 2 aliphatic rings. The number of halogens is 1. The molecule has 16 heavy (non-hydrogen) atoms. The second kappa shape index (κ2) is 3.58. The number of carbonyl (C=O) groups is 1. The highest BCUT2D eigenvalue weighted by Crippen LogP contribution is 2.34. The van der Waals surface area contributed by atoms with Gasteiger partial charge in [-0.15, -0.1) is 0 Å². The average Bonchev–Trinajstić information content (AvgIpc) is 2.55. The number of amides is 1. The molecule has 1 N–H and O–H groups in total. The Bertz CT molecular complexity index is 303. The van der Waals surface area contributed by atoms with Crippen LogP contribution in [0.2, 0.25) is 0 Å². The zero-order chi connectivity index (χ0) is 12.0. The first kappa shape index (κ1) is 11.6. The Hall–Kier alpha value is -0.840. The fraction of sp³-hybridized carbons (Fsp3) is 0.909. The number of hydrogen-bond acceptors (Lipinski definition) is 3. The highest BCUT2D eigenvalue weighted by Gasteiger charge is 2.52. The highest BCUT2D eigenvalue weighted by atomic mass is 19.1. The second-order valence-corrected chi connectivity index (χ2v) is 5.72. The van der Waals surface area contributed by atoms with Crippen molar-refractivity contribution in [3.05, 3.63) is 0 Å². The molecule has 1 amide bonds. The Kier molecular flexibility index (Phi) is 2.61. The summed E-state index contributed by atoms with van der Waals surface area (Å²) < 4.78 is 19.5. The minimum atomic E-state index is -1.25. The van der Waals surface area contributed by atoms with E-state index in [2.05, 4.69) is 5.32 Å². The van der Waals surface area contributed by atoms with Crippen molar-refractivity contribution in [1.29, 1.82) is 0 Å². The van der Waals surface area contributed by atoms with Crippen LogP contribution in [0.25, 0.3) is 0 Å². The third-order valence-electron chi connectivity index (χ3n) is 3.09. The van der Waals surface area contributed by atoms with Crippen molar-refractivity contribution in [2.45, 2.75) is 32.0 Å². The van der Waals surface area contributed by atoms with Gasteiger partial charge in [-0.3, -0.25) is 0 Å². The van der Waals surface area contributed by atoms with E-state index in [0.717, 1.165) is 0 Å². The van der Waals surface area contributed by atoms with Crippen LogP contribution in [0, 0.1) is 5.92 Å². The normalized spacial score (nSPS) is 34.0. The number of fused-ring (bicyclic) bond motifs is 1. The van der Waals surface area contributed by atoms with Crippen LogP contribution in [0.5, 0.6) is 0 Å². The van der Waals surface area contributed by atoms with Crippen molar-refractivity contribution in [3.63, 3.8) is 0 Å². The van der Waals surface area contributed by atoms with Crippen LogP contribution in [-0.4, -0.2) is 48.4 Å². The lowest BCUT2D eigenvalue weighted by atomic mass is 9.97. The minimum absolute atomic E-state index is 0.0833. The first-order chi connectivity index (χ1) is 7.30. The Morgan fingerprint density at radius 1 is 1.56 bits per heavy atom. The van der Waals surface area contributed by atoms with Crippen molar-refractivity contribution >= 4 is 6.09 Å². The molecule has 2 atom stereocenters. The molecule has 0 aromatic rings. The van der Waals surface area contributed by atoms with Gasteiger partial charge in [-0.1, -0.05) is 0 Å². The van der Waals surface area contributed by atoms with Crippen molar-refractivity contribution < 1.29 is 13.9 Å². The van der Waals surface area contributed by atoms with E-state index >= 15 is 0 Å². The first-order valence-corrected chi connectivity index (χ1v) is 5.68. The number of ether oxygens (including phenoxy) is 1. The Balaban J connectivity index is 1.97. The van der Waals surface area contributed by atoms with Gasteiger partial charge in [-0.25, -0.2) is 9.18 Å². The number of rotatable bonds is 0. The molecular formula is C11H19FN2O2. The van der Waals surface area contributed by atoms with Gasteiger partial charge >= 0.3 is 6.09 Å². The van der Waals surface area contributed by atoms with Crippen LogP contribution >= 0.6 is 0 Å². The highest BCUT2D eigenvalue weighted by molar-refractivity contribution is 5.69. The van der Waals surface area contributed by atoms with E-state index in [-0.39, 0.29) is 12.5 Å². The van der Waals surface area contributed by atoms with Gasteiger partial charge in [0.2, 0.25) is 0 Å². The van der Waals surface area contributed by atoms with Gasteiger partial charge in [-0.05, 0) is 20.8 Å². The lowest BCUT2D eigenvalue weighted by Crippen LogP contribution is -2.39. The van der Waals surface area contributed by atoms with E-state index in [1.165, 1.54) is 4.90 Å². The predicted molar refractivity (Wildman–Crippen MR) is 58.0 cm³/mol. The number of nitrogens with one attached hydrogen (secondary N) is 1. The summed E-state index contributed by atoms with van der Waals surface area (Å²) in [7, 11) is 0. The zero-order valence-corrected chi connectivity index (χ0v) is 10.0. The van der Waals surface area contributed by atoms with Crippen molar-refractivity contribution in [2.24, 2.45) is 5.92 Å². The van der Waals surface area contributed by atoms with E-state index in [1.807, 2.05) is 20.8 Å². The Morgan fingerprint density at radius 2 is 2.25 bits per heavy atom. The fourth-order valence-corrected chi connectivity index (χ4v) is 2.31. The maximum absolute atomic E-state index is 14.2. The quantitative estimate of drug-likeness (QED) is 0.679. The molecular weight excluding hydrogens is 211 g/mol. The molecule has 2 rings (SSSR count). The summed E-state index contributed by atoms with van der Waals surface area (Å²) in [6.07, 6.45) is -0.404. The number of carbonyl (C=O) groups excluding carboxylic acids is 1. The van der Waals surface area contributed by atoms with E-state index in [1.54, 1.807) is 0 Å². The molecule has 0 spiro atoms. The van der Waals surface area contributed by atoms with Crippen LogP contribution in [-0.2, 0) is 4.74 Å². The summed E-state index contributed by atoms with van der Waals surface area (Å²) in [5, 5.41) is 3.02. The SMILES string of the molecule is CC(C)(C)OC(=O)N1C[C@@H]2CNC[C@@]2(F)C1. The standard InChI is InChI=1S/C11H19FN2O2/c1-10(2,3)16-9(15)14-5-8-4-13-6-11(8,12)7-14/h8,13H,4-7H2,1-3H3/t8-,11+/m0/s1. The molecule has 0 unspecified atom stereocenters. The van der Waals surface area contributed by atoms with Crippen LogP contribution in [0.4, 0.5) is 9.18 Å². The average molecular weight is 230 g/mol. The van der Waals surface area contributed by atoms with Crippen molar-refractivity contribution in [2.75, 3.05) is 26.2 Å². The van der Waals surface area contributed by atoms with Crippen LogP contribution in [0.3, 0.4) is 0 Å². The van der Waals surface area contributed by atoms with Gasteiger partial charge in [-0.2, -0.15) is 0 Å². The first-order valence-electron chi connectivity index (χ1n) is 5.68. The number of nitrogens with zero attached hydrogens (tertiary/aromatic N) is 1. The summed E-state index contributed by atoms with van der Waals surface area (Å²) in [5.41, 5.74) is -1.77. The van der Waals surface area contributed by atoms with E-state index in [0.29, 0.717) is 19.6 Å². The van der Waals surface area contributed by atoms with Gasteiger partial charge in [0.15, 0.2) is 0 Å². The fourth-order valence-electron chi connectivity index (χ4n) is 2.31. The summed E-state index contributed by atoms with van der Waals surface area (Å²) in [6.45, 7) is 7.04. The molecule has 0 saturated carbocycles. The summed E-state index contributed by atoms with van der Waals surface area (Å²) >= 11 is 0. The molecule has 2 aliphatic heterocycles. The summed E-state index contributed by atoms with van der Waals surface area (Å²) in [4.78, 5) is 13.2. The van der Waals surface area contributed by atoms with Gasteiger partial charge < -0.3 is 15.0 Å². The van der Waals surface area contributed by atoms with Crippen molar-refractivity contribution in [3.8, 4) is 0 Å². The predicted octanol–water partition coefficient (Wildman–Crippen LogP) is 1.16. The van der Waals surface area contributed by atoms with E-state index < -0.39 is 17.4 Å². The molecule has 4 nitrogen and oxygen atoms in total. The molecule has 0 radical (unpaired) electrons. The molecule has 5 heteroatoms. The topological polar surface area (TPSA) is 41.6 Å².